The molecule has 1 aliphatic heterocycles. The summed E-state index contributed by atoms with van der Waals surface area (Å²) in [5, 5.41) is 2.05. The minimum atomic E-state index is -4.60. The van der Waals surface area contributed by atoms with E-state index in [1.54, 1.807) is 4.90 Å². The van der Waals surface area contributed by atoms with E-state index in [9.17, 15) is 22.8 Å². The second-order valence-electron chi connectivity index (χ2n) is 7.16. The van der Waals surface area contributed by atoms with Crippen LogP contribution in [0.2, 0.25) is 5.02 Å². The Kier molecular flexibility index (Phi) is 5.19. The fraction of sp³-hybridized carbons (Fsp3) is 0.556. The van der Waals surface area contributed by atoms with Gasteiger partial charge >= 0.3 is 6.18 Å². The van der Waals surface area contributed by atoms with Gasteiger partial charge in [-0.25, -0.2) is 0 Å². The van der Waals surface area contributed by atoms with E-state index in [0.29, 0.717) is 25.4 Å². The molecule has 2 aliphatic rings. The zero-order chi connectivity index (χ0) is 19.1. The number of benzene rings is 1. The molecule has 1 aliphatic carbocycles. The van der Waals surface area contributed by atoms with Crippen LogP contribution in [0.3, 0.4) is 0 Å². The highest BCUT2D eigenvalue weighted by atomic mass is 35.5. The first kappa shape index (κ1) is 19.0. The van der Waals surface area contributed by atoms with Gasteiger partial charge in [-0.15, -0.1) is 0 Å². The van der Waals surface area contributed by atoms with E-state index in [1.165, 1.54) is 6.07 Å². The van der Waals surface area contributed by atoms with Gasteiger partial charge in [0.05, 0.1) is 22.4 Å². The molecule has 2 fully saturated rings. The molecule has 1 heterocycles. The number of anilines is 1. The zero-order valence-corrected chi connectivity index (χ0v) is 15.0. The molecule has 26 heavy (non-hydrogen) atoms. The molecule has 142 valence electrons. The molecule has 1 saturated carbocycles. The number of nitrogens with one attached hydrogen (secondary N) is 1. The molecule has 1 aromatic carbocycles. The van der Waals surface area contributed by atoms with Crippen molar-refractivity contribution in [2.24, 2.45) is 17.8 Å². The Hall–Kier alpha value is -1.76. The summed E-state index contributed by atoms with van der Waals surface area (Å²) in [5.41, 5.74) is -0.973. The second-order valence-corrected chi connectivity index (χ2v) is 7.57. The fourth-order valence-corrected chi connectivity index (χ4v) is 3.66. The molecule has 1 aromatic rings. The van der Waals surface area contributed by atoms with Gasteiger partial charge in [0.1, 0.15) is 0 Å². The Bertz CT molecular complexity index is 723. The van der Waals surface area contributed by atoms with E-state index >= 15 is 0 Å². The summed E-state index contributed by atoms with van der Waals surface area (Å²) < 4.78 is 38.7. The largest absolute Gasteiger partial charge is 0.417 e. The predicted molar refractivity (Wildman–Crippen MR) is 91.7 cm³/mol. The van der Waals surface area contributed by atoms with E-state index in [0.717, 1.165) is 25.0 Å². The van der Waals surface area contributed by atoms with E-state index in [1.807, 2.05) is 0 Å². The van der Waals surface area contributed by atoms with Crippen LogP contribution < -0.4 is 5.32 Å². The summed E-state index contributed by atoms with van der Waals surface area (Å²) >= 11 is 5.57. The van der Waals surface area contributed by atoms with E-state index in [2.05, 4.69) is 12.2 Å². The minimum Gasteiger partial charge on any atom is -0.342 e. The number of carbonyl (C=O) groups is 2. The number of amides is 2. The fourth-order valence-electron chi connectivity index (χ4n) is 3.44. The van der Waals surface area contributed by atoms with Crippen LogP contribution in [0.5, 0.6) is 0 Å². The quantitative estimate of drug-likeness (QED) is 0.844. The number of hydrogen-bond acceptors (Lipinski definition) is 2. The maximum atomic E-state index is 12.9. The average Bonchev–Trinajstić information content (AvgIpc) is 3.35. The van der Waals surface area contributed by atoms with Gasteiger partial charge in [-0.3, -0.25) is 9.59 Å². The van der Waals surface area contributed by atoms with Crippen molar-refractivity contribution in [1.29, 1.82) is 0 Å². The van der Waals surface area contributed by atoms with Gasteiger partial charge in [-0.2, -0.15) is 13.2 Å². The van der Waals surface area contributed by atoms with E-state index in [4.69, 9.17) is 11.6 Å². The number of rotatable bonds is 3. The monoisotopic (exact) mass is 388 g/mol. The molecule has 0 radical (unpaired) electrons. The topological polar surface area (TPSA) is 49.4 Å². The van der Waals surface area contributed by atoms with Crippen molar-refractivity contribution in [3.05, 3.63) is 28.8 Å². The van der Waals surface area contributed by atoms with Gasteiger partial charge in [0.25, 0.3) is 0 Å². The third-order valence-electron chi connectivity index (χ3n) is 4.95. The van der Waals surface area contributed by atoms with Gasteiger partial charge in [0, 0.05) is 18.8 Å². The lowest BCUT2D eigenvalue weighted by molar-refractivity contribution is -0.137. The van der Waals surface area contributed by atoms with Gasteiger partial charge in [0.15, 0.2) is 0 Å². The van der Waals surface area contributed by atoms with Gasteiger partial charge in [-0.1, -0.05) is 18.5 Å². The molecule has 0 bridgehead atoms. The van der Waals surface area contributed by atoms with Gasteiger partial charge in [0.2, 0.25) is 11.8 Å². The number of hydrogen-bond donors (Lipinski definition) is 1. The Labute approximate surface area is 154 Å². The number of piperidine rings is 1. The molecule has 3 rings (SSSR count). The number of likely N-dealkylation sites (tertiary alicyclic amines) is 1. The summed E-state index contributed by atoms with van der Waals surface area (Å²) in [5.74, 6) is -0.847. The Morgan fingerprint density at radius 2 is 2.00 bits per heavy atom. The minimum absolute atomic E-state index is 0.0243. The molecule has 1 N–H and O–H groups in total. The number of halogens is 4. The van der Waals surface area contributed by atoms with Crippen molar-refractivity contribution in [3.8, 4) is 0 Å². The first-order valence-electron chi connectivity index (χ1n) is 8.63. The third kappa shape index (κ3) is 4.14. The zero-order valence-electron chi connectivity index (χ0n) is 14.3. The summed E-state index contributed by atoms with van der Waals surface area (Å²) in [6.45, 7) is 3.51. The van der Waals surface area contributed by atoms with Gasteiger partial charge < -0.3 is 10.2 Å². The summed E-state index contributed by atoms with van der Waals surface area (Å²) in [6.07, 6.45) is -2.10. The third-order valence-corrected chi connectivity index (χ3v) is 5.28. The summed E-state index contributed by atoms with van der Waals surface area (Å²) in [4.78, 5) is 26.6. The molecule has 2 amide bonds. The van der Waals surface area contributed by atoms with Crippen LogP contribution in [0.15, 0.2) is 18.2 Å². The van der Waals surface area contributed by atoms with Crippen LogP contribution in [0.1, 0.15) is 31.7 Å². The van der Waals surface area contributed by atoms with Crippen molar-refractivity contribution < 1.29 is 22.8 Å². The van der Waals surface area contributed by atoms with Crippen molar-refractivity contribution in [2.75, 3.05) is 18.4 Å². The average molecular weight is 389 g/mol. The maximum Gasteiger partial charge on any atom is 0.417 e. The van der Waals surface area contributed by atoms with Crippen LogP contribution in [-0.4, -0.2) is 29.8 Å². The molecule has 8 heteroatoms. The SMILES string of the molecule is CC1CCCN(C(=O)C2CC2C(=O)Nc2ccc(Cl)c(C(F)(F)F)c2)C1. The van der Waals surface area contributed by atoms with Crippen molar-refractivity contribution in [1.82, 2.24) is 4.90 Å². The molecule has 3 unspecified atom stereocenters. The summed E-state index contributed by atoms with van der Waals surface area (Å²) in [6, 6.07) is 3.23. The van der Waals surface area contributed by atoms with Crippen molar-refractivity contribution >= 4 is 29.1 Å². The smallest absolute Gasteiger partial charge is 0.342 e. The molecular formula is C18H20ClF3N2O2. The molecule has 0 spiro atoms. The normalized spacial score (nSPS) is 25.7. The van der Waals surface area contributed by atoms with E-state index < -0.39 is 28.6 Å². The predicted octanol–water partition coefficient (Wildman–Crippen LogP) is 4.19. The lowest BCUT2D eigenvalue weighted by atomic mass is 10.00. The summed E-state index contributed by atoms with van der Waals surface area (Å²) in [7, 11) is 0. The Balaban J connectivity index is 1.61. The van der Waals surface area contributed by atoms with Crippen molar-refractivity contribution in [2.45, 2.75) is 32.4 Å². The highest BCUT2D eigenvalue weighted by Gasteiger charge is 2.49. The highest BCUT2D eigenvalue weighted by Crippen LogP contribution is 2.42. The van der Waals surface area contributed by atoms with Crippen LogP contribution in [0.4, 0.5) is 18.9 Å². The highest BCUT2D eigenvalue weighted by molar-refractivity contribution is 6.31. The van der Waals surface area contributed by atoms with Gasteiger partial charge in [-0.05, 0) is 43.4 Å². The number of alkyl halides is 3. The van der Waals surface area contributed by atoms with E-state index in [-0.39, 0.29) is 17.5 Å². The first-order valence-corrected chi connectivity index (χ1v) is 9.01. The van der Waals surface area contributed by atoms with Crippen molar-refractivity contribution in [3.63, 3.8) is 0 Å². The first-order chi connectivity index (χ1) is 12.2. The Morgan fingerprint density at radius 1 is 1.27 bits per heavy atom. The van der Waals surface area contributed by atoms with Crippen LogP contribution in [-0.2, 0) is 15.8 Å². The van der Waals surface area contributed by atoms with Crippen LogP contribution in [0, 0.1) is 17.8 Å². The Morgan fingerprint density at radius 3 is 2.65 bits per heavy atom. The molecule has 4 nitrogen and oxygen atoms in total. The second kappa shape index (κ2) is 7.10. The lowest BCUT2D eigenvalue weighted by Crippen LogP contribution is -2.40. The van der Waals surface area contributed by atoms with Crippen LogP contribution >= 0.6 is 11.6 Å². The maximum absolute atomic E-state index is 12.9. The number of nitrogens with zero attached hydrogens (tertiary/aromatic N) is 1. The standard InChI is InChI=1S/C18H20ClF3N2O2/c1-10-3-2-6-24(9-10)17(26)13-8-12(13)16(25)23-11-4-5-15(19)14(7-11)18(20,21)22/h4-5,7,10,12-13H,2-3,6,8-9H2,1H3,(H,23,25). The molecule has 0 aromatic heterocycles. The molecule has 1 saturated heterocycles. The molecular weight excluding hydrogens is 369 g/mol. The number of carbonyl (C=O) groups excluding carboxylic acids is 2. The van der Waals surface area contributed by atoms with Crippen LogP contribution in [0.25, 0.3) is 0 Å². The lowest BCUT2D eigenvalue weighted by Gasteiger charge is -2.31. The molecule has 3 atom stereocenters.